The molecule has 1 aromatic heterocycles. The first kappa shape index (κ1) is 13.9. The standard InChI is InChI=1S/C17H19NO3/c19-11-15(16-6-3-9-21-16)18-17(20)10-13-8-7-12-4-1-2-5-14(12)13/h1-6,9,13,15,19H,7-8,10-11H2,(H,18,20). The van der Waals surface area contributed by atoms with Gasteiger partial charge in [0, 0.05) is 6.42 Å². The predicted molar refractivity (Wildman–Crippen MR) is 78.8 cm³/mol. The summed E-state index contributed by atoms with van der Waals surface area (Å²) >= 11 is 0. The molecule has 2 N–H and O–H groups in total. The molecular formula is C17H19NO3. The van der Waals surface area contributed by atoms with Gasteiger partial charge in [-0.3, -0.25) is 4.79 Å². The lowest BCUT2D eigenvalue weighted by Crippen LogP contribution is -2.31. The molecule has 2 unspecified atom stereocenters. The zero-order chi connectivity index (χ0) is 14.7. The number of benzene rings is 1. The molecule has 1 heterocycles. The highest BCUT2D eigenvalue weighted by Gasteiger charge is 2.25. The number of amides is 1. The number of rotatable bonds is 5. The summed E-state index contributed by atoms with van der Waals surface area (Å²) in [5.74, 6) is 0.807. The van der Waals surface area contributed by atoms with Crippen LogP contribution in [0.5, 0.6) is 0 Å². The molecule has 110 valence electrons. The van der Waals surface area contributed by atoms with E-state index in [2.05, 4.69) is 17.4 Å². The smallest absolute Gasteiger partial charge is 0.221 e. The quantitative estimate of drug-likeness (QED) is 0.887. The first-order valence-electron chi connectivity index (χ1n) is 7.29. The van der Waals surface area contributed by atoms with Crippen LogP contribution in [0.3, 0.4) is 0 Å². The van der Waals surface area contributed by atoms with Gasteiger partial charge in [0.1, 0.15) is 11.8 Å². The molecule has 1 aliphatic rings. The SMILES string of the molecule is O=C(CC1CCc2ccccc21)NC(CO)c1ccco1. The summed E-state index contributed by atoms with van der Waals surface area (Å²) < 4.78 is 5.24. The van der Waals surface area contributed by atoms with E-state index >= 15 is 0 Å². The van der Waals surface area contributed by atoms with Crippen molar-refractivity contribution in [1.29, 1.82) is 0 Å². The van der Waals surface area contributed by atoms with Crippen molar-refractivity contribution in [3.8, 4) is 0 Å². The summed E-state index contributed by atoms with van der Waals surface area (Å²) in [6.45, 7) is -0.166. The van der Waals surface area contributed by atoms with Crippen LogP contribution in [0.4, 0.5) is 0 Å². The molecule has 3 rings (SSSR count). The van der Waals surface area contributed by atoms with Crippen LogP contribution in [0.15, 0.2) is 47.1 Å². The van der Waals surface area contributed by atoms with Crippen molar-refractivity contribution in [2.45, 2.75) is 31.2 Å². The molecule has 0 saturated heterocycles. The molecule has 21 heavy (non-hydrogen) atoms. The van der Waals surface area contributed by atoms with Gasteiger partial charge in [-0.1, -0.05) is 24.3 Å². The normalized spacial score (nSPS) is 18.2. The second-order valence-electron chi connectivity index (χ2n) is 5.46. The molecule has 0 fully saturated rings. The summed E-state index contributed by atoms with van der Waals surface area (Å²) in [6.07, 6.45) is 4.04. The fraction of sp³-hybridized carbons (Fsp3) is 0.353. The fourth-order valence-corrected chi connectivity index (χ4v) is 3.03. The van der Waals surface area contributed by atoms with Gasteiger partial charge >= 0.3 is 0 Å². The van der Waals surface area contributed by atoms with Gasteiger partial charge in [0.25, 0.3) is 0 Å². The number of nitrogens with one attached hydrogen (secondary N) is 1. The van der Waals surface area contributed by atoms with Crippen molar-refractivity contribution in [2.24, 2.45) is 0 Å². The molecule has 0 aliphatic heterocycles. The molecule has 1 aliphatic carbocycles. The Balaban J connectivity index is 1.62. The van der Waals surface area contributed by atoms with E-state index in [4.69, 9.17) is 4.42 Å². The van der Waals surface area contributed by atoms with E-state index in [1.54, 1.807) is 12.1 Å². The topological polar surface area (TPSA) is 62.5 Å². The number of hydrogen-bond acceptors (Lipinski definition) is 3. The average Bonchev–Trinajstić information content (AvgIpc) is 3.15. The first-order chi connectivity index (χ1) is 10.3. The minimum absolute atomic E-state index is 0.0489. The van der Waals surface area contributed by atoms with E-state index in [-0.39, 0.29) is 18.4 Å². The zero-order valence-corrected chi connectivity index (χ0v) is 11.8. The molecule has 0 radical (unpaired) electrons. The van der Waals surface area contributed by atoms with Crippen molar-refractivity contribution in [3.05, 3.63) is 59.5 Å². The Morgan fingerprint density at radius 2 is 2.19 bits per heavy atom. The van der Waals surface area contributed by atoms with Gasteiger partial charge < -0.3 is 14.8 Å². The van der Waals surface area contributed by atoms with Crippen molar-refractivity contribution >= 4 is 5.91 Å². The summed E-state index contributed by atoms with van der Waals surface area (Å²) in [5, 5.41) is 12.2. The van der Waals surface area contributed by atoms with E-state index in [1.807, 2.05) is 12.1 Å². The molecule has 4 heteroatoms. The summed E-state index contributed by atoms with van der Waals surface area (Å²) in [6, 6.07) is 11.3. The molecule has 0 bridgehead atoms. The third-order valence-corrected chi connectivity index (χ3v) is 4.09. The Hall–Kier alpha value is -2.07. The fourth-order valence-electron chi connectivity index (χ4n) is 3.03. The van der Waals surface area contributed by atoms with Crippen molar-refractivity contribution in [2.75, 3.05) is 6.61 Å². The highest BCUT2D eigenvalue weighted by molar-refractivity contribution is 5.77. The maximum absolute atomic E-state index is 12.2. The van der Waals surface area contributed by atoms with Crippen LogP contribution in [0.25, 0.3) is 0 Å². The van der Waals surface area contributed by atoms with E-state index < -0.39 is 6.04 Å². The van der Waals surface area contributed by atoms with Crippen LogP contribution in [-0.4, -0.2) is 17.6 Å². The zero-order valence-electron chi connectivity index (χ0n) is 11.8. The second kappa shape index (κ2) is 6.14. The highest BCUT2D eigenvalue weighted by Crippen LogP contribution is 2.35. The Morgan fingerprint density at radius 1 is 1.33 bits per heavy atom. The molecule has 4 nitrogen and oxygen atoms in total. The third-order valence-electron chi connectivity index (χ3n) is 4.09. The predicted octanol–water partition coefficient (Wildman–Crippen LogP) is 2.55. The number of aryl methyl sites for hydroxylation is 1. The van der Waals surface area contributed by atoms with Crippen molar-refractivity contribution < 1.29 is 14.3 Å². The number of furan rings is 1. The van der Waals surface area contributed by atoms with Gasteiger partial charge in [-0.05, 0) is 42.0 Å². The van der Waals surface area contributed by atoms with Crippen LogP contribution in [0.2, 0.25) is 0 Å². The molecular weight excluding hydrogens is 266 g/mol. The average molecular weight is 285 g/mol. The molecule has 0 spiro atoms. The second-order valence-corrected chi connectivity index (χ2v) is 5.46. The lowest BCUT2D eigenvalue weighted by molar-refractivity contribution is -0.122. The highest BCUT2D eigenvalue weighted by atomic mass is 16.3. The van der Waals surface area contributed by atoms with Crippen molar-refractivity contribution in [3.63, 3.8) is 0 Å². The Bertz CT molecular complexity index is 606. The van der Waals surface area contributed by atoms with E-state index in [0.717, 1.165) is 12.8 Å². The number of carbonyl (C=O) groups excluding carboxylic acids is 1. The summed E-state index contributed by atoms with van der Waals surface area (Å²) in [5.41, 5.74) is 2.63. The Kier molecular flexibility index (Phi) is 4.06. The van der Waals surface area contributed by atoms with Crippen LogP contribution in [0, 0.1) is 0 Å². The van der Waals surface area contributed by atoms with E-state index in [9.17, 15) is 9.90 Å². The van der Waals surface area contributed by atoms with Crippen LogP contribution in [0.1, 0.15) is 41.7 Å². The first-order valence-corrected chi connectivity index (χ1v) is 7.29. The molecule has 1 aromatic carbocycles. The number of aliphatic hydroxyl groups is 1. The van der Waals surface area contributed by atoms with Crippen LogP contribution >= 0.6 is 0 Å². The molecule has 2 aromatic rings. The summed E-state index contributed by atoms with van der Waals surface area (Å²) in [7, 11) is 0. The van der Waals surface area contributed by atoms with Gasteiger partial charge in [-0.2, -0.15) is 0 Å². The minimum atomic E-state index is -0.468. The Morgan fingerprint density at radius 3 is 2.95 bits per heavy atom. The summed E-state index contributed by atoms with van der Waals surface area (Å²) in [4.78, 5) is 12.2. The maximum atomic E-state index is 12.2. The Labute approximate surface area is 123 Å². The van der Waals surface area contributed by atoms with Crippen LogP contribution in [-0.2, 0) is 11.2 Å². The van der Waals surface area contributed by atoms with E-state index in [0.29, 0.717) is 12.2 Å². The van der Waals surface area contributed by atoms with Gasteiger partial charge in [-0.15, -0.1) is 0 Å². The lowest BCUT2D eigenvalue weighted by atomic mass is 9.97. The van der Waals surface area contributed by atoms with E-state index in [1.165, 1.54) is 17.4 Å². The van der Waals surface area contributed by atoms with Gasteiger partial charge in [0.05, 0.1) is 12.9 Å². The number of hydrogen-bond donors (Lipinski definition) is 2. The maximum Gasteiger partial charge on any atom is 0.221 e. The van der Waals surface area contributed by atoms with Gasteiger partial charge in [-0.25, -0.2) is 0 Å². The number of fused-ring (bicyclic) bond motifs is 1. The number of aliphatic hydroxyl groups excluding tert-OH is 1. The van der Waals surface area contributed by atoms with Gasteiger partial charge in [0.2, 0.25) is 5.91 Å². The van der Waals surface area contributed by atoms with Crippen molar-refractivity contribution in [1.82, 2.24) is 5.32 Å². The number of carbonyl (C=O) groups is 1. The lowest BCUT2D eigenvalue weighted by Gasteiger charge is -2.16. The largest absolute Gasteiger partial charge is 0.467 e. The molecule has 2 atom stereocenters. The minimum Gasteiger partial charge on any atom is -0.467 e. The van der Waals surface area contributed by atoms with Crippen LogP contribution < -0.4 is 5.32 Å². The monoisotopic (exact) mass is 285 g/mol. The molecule has 1 amide bonds. The van der Waals surface area contributed by atoms with Gasteiger partial charge in [0.15, 0.2) is 0 Å². The third kappa shape index (κ3) is 3.00. The molecule has 0 saturated carbocycles.